The summed E-state index contributed by atoms with van der Waals surface area (Å²) in [6.07, 6.45) is 1.68. The Kier molecular flexibility index (Phi) is 6.49. The molecule has 1 aromatic rings. The maximum Gasteiger partial charge on any atom is 0.145 e. The van der Waals surface area contributed by atoms with Crippen molar-refractivity contribution < 1.29 is 4.39 Å². The number of nitrogens with two attached hydrogens (primary N) is 1. The molecule has 20 heavy (non-hydrogen) atoms. The third-order valence-corrected chi connectivity index (χ3v) is 7.28. The van der Waals surface area contributed by atoms with Gasteiger partial charge in [0.2, 0.25) is 0 Å². The molecule has 0 aromatic heterocycles. The van der Waals surface area contributed by atoms with Crippen LogP contribution in [0.15, 0.2) is 18.2 Å². The maximum atomic E-state index is 14.0. The monoisotopic (exact) mass is 334 g/mol. The van der Waals surface area contributed by atoms with E-state index in [1.54, 1.807) is 18.2 Å². The van der Waals surface area contributed by atoms with Crippen LogP contribution in [0.4, 0.5) is 4.39 Å². The van der Waals surface area contributed by atoms with E-state index >= 15 is 0 Å². The molecule has 3 N–H and O–H groups in total. The number of rotatable bonds is 5. The first-order valence-electron chi connectivity index (χ1n) is 6.79. The largest absolute Gasteiger partial charge is 0.271 e. The van der Waals surface area contributed by atoms with Crippen LogP contribution in [0.3, 0.4) is 0 Å². The van der Waals surface area contributed by atoms with E-state index in [0.717, 1.165) is 12.2 Å². The molecule has 0 bridgehead atoms. The second kappa shape index (κ2) is 7.90. The fourth-order valence-electron chi connectivity index (χ4n) is 2.52. The molecule has 1 aliphatic heterocycles. The molecule has 3 unspecified atom stereocenters. The predicted molar refractivity (Wildman–Crippen MR) is 89.0 cm³/mol. The molecule has 0 aliphatic carbocycles. The highest BCUT2D eigenvalue weighted by Gasteiger charge is 2.32. The fourth-order valence-corrected chi connectivity index (χ4v) is 5.96. The van der Waals surface area contributed by atoms with Gasteiger partial charge >= 0.3 is 0 Å². The maximum absolute atomic E-state index is 14.0. The minimum Gasteiger partial charge on any atom is -0.271 e. The lowest BCUT2D eigenvalue weighted by atomic mass is 10.0. The van der Waals surface area contributed by atoms with E-state index in [1.165, 1.54) is 5.75 Å². The van der Waals surface area contributed by atoms with Gasteiger partial charge in [0, 0.05) is 28.0 Å². The van der Waals surface area contributed by atoms with Crippen LogP contribution in [-0.4, -0.2) is 28.0 Å². The average molecular weight is 335 g/mol. The number of hydrogen-bond donors (Lipinski definition) is 2. The molecule has 0 amide bonds. The lowest BCUT2D eigenvalue weighted by molar-refractivity contribution is 0.480. The summed E-state index contributed by atoms with van der Waals surface area (Å²) < 4.78 is 14.0. The second-order valence-electron chi connectivity index (χ2n) is 4.84. The van der Waals surface area contributed by atoms with Gasteiger partial charge in [0.1, 0.15) is 5.82 Å². The molecular formula is C14H20ClFN2S2. The van der Waals surface area contributed by atoms with Gasteiger partial charge in [-0.2, -0.15) is 23.5 Å². The number of nitrogens with one attached hydrogen (secondary N) is 1. The van der Waals surface area contributed by atoms with E-state index in [9.17, 15) is 4.39 Å². The zero-order valence-electron chi connectivity index (χ0n) is 11.4. The van der Waals surface area contributed by atoms with Crippen molar-refractivity contribution in [2.45, 2.75) is 36.3 Å². The highest BCUT2D eigenvalue weighted by atomic mass is 35.5. The molecule has 0 radical (unpaired) electrons. The van der Waals surface area contributed by atoms with Crippen molar-refractivity contribution in [3.8, 4) is 0 Å². The molecule has 1 saturated heterocycles. The number of benzene rings is 1. The normalized spacial score (nSPS) is 24.6. The average Bonchev–Trinajstić information content (AvgIpc) is 2.49. The Labute approximate surface area is 133 Å². The van der Waals surface area contributed by atoms with Crippen LogP contribution in [0.25, 0.3) is 0 Å². The van der Waals surface area contributed by atoms with E-state index in [0.29, 0.717) is 22.5 Å². The van der Waals surface area contributed by atoms with E-state index < -0.39 is 0 Å². The zero-order chi connectivity index (χ0) is 14.5. The van der Waals surface area contributed by atoms with E-state index in [4.69, 9.17) is 17.4 Å². The summed E-state index contributed by atoms with van der Waals surface area (Å²) in [7, 11) is 0. The summed E-state index contributed by atoms with van der Waals surface area (Å²) in [5.41, 5.74) is 3.52. The summed E-state index contributed by atoms with van der Waals surface area (Å²) in [6.45, 7) is 2.20. The summed E-state index contributed by atoms with van der Waals surface area (Å²) in [5.74, 6) is 7.72. The molecule has 1 heterocycles. The second-order valence-corrected chi connectivity index (χ2v) is 7.88. The number of hydrazine groups is 1. The van der Waals surface area contributed by atoms with Crippen LogP contribution >= 0.6 is 35.1 Å². The lowest BCUT2D eigenvalue weighted by Crippen LogP contribution is -2.49. The van der Waals surface area contributed by atoms with E-state index in [2.05, 4.69) is 12.3 Å². The fraction of sp³-hybridized carbons (Fsp3) is 0.571. The summed E-state index contributed by atoms with van der Waals surface area (Å²) in [5, 5.41) is 1.15. The van der Waals surface area contributed by atoms with Crippen LogP contribution < -0.4 is 11.3 Å². The van der Waals surface area contributed by atoms with Gasteiger partial charge in [0.05, 0.1) is 5.02 Å². The summed E-state index contributed by atoms with van der Waals surface area (Å²) >= 11 is 9.78. The third-order valence-electron chi connectivity index (χ3n) is 3.58. The Morgan fingerprint density at radius 3 is 2.90 bits per heavy atom. The van der Waals surface area contributed by atoms with Crippen molar-refractivity contribution in [1.29, 1.82) is 0 Å². The standard InChI is InChI=1S/C14H20ClFN2S2/c1-2-12-14(20-7-6-19-12)11(18-17)8-9-4-3-5-10(15)13(9)16/h3-5,11-12,14,18H,2,6-8,17H2,1H3. The molecule has 1 aliphatic rings. The van der Waals surface area contributed by atoms with E-state index in [1.807, 2.05) is 23.5 Å². The minimum atomic E-state index is -0.323. The Bertz CT molecular complexity index is 447. The molecular weight excluding hydrogens is 315 g/mol. The first kappa shape index (κ1) is 16.4. The first-order valence-corrected chi connectivity index (χ1v) is 9.27. The molecule has 112 valence electrons. The van der Waals surface area contributed by atoms with Gasteiger partial charge in [-0.25, -0.2) is 4.39 Å². The zero-order valence-corrected chi connectivity index (χ0v) is 13.8. The summed E-state index contributed by atoms with van der Waals surface area (Å²) in [6, 6.07) is 5.21. The Morgan fingerprint density at radius 1 is 1.45 bits per heavy atom. The van der Waals surface area contributed by atoms with Gasteiger partial charge in [-0.15, -0.1) is 0 Å². The Morgan fingerprint density at radius 2 is 2.20 bits per heavy atom. The van der Waals surface area contributed by atoms with Crippen LogP contribution in [0.2, 0.25) is 5.02 Å². The van der Waals surface area contributed by atoms with Crippen molar-refractivity contribution in [3.63, 3.8) is 0 Å². The minimum absolute atomic E-state index is 0.0608. The van der Waals surface area contributed by atoms with Crippen LogP contribution in [0.1, 0.15) is 18.9 Å². The van der Waals surface area contributed by atoms with Crippen molar-refractivity contribution in [2.24, 2.45) is 5.84 Å². The lowest BCUT2D eigenvalue weighted by Gasteiger charge is -2.35. The van der Waals surface area contributed by atoms with Gasteiger partial charge in [-0.3, -0.25) is 11.3 Å². The Hall–Kier alpha value is 0.0600. The smallest absolute Gasteiger partial charge is 0.145 e. The van der Waals surface area contributed by atoms with Gasteiger partial charge in [0.15, 0.2) is 0 Å². The summed E-state index contributed by atoms with van der Waals surface area (Å²) in [4.78, 5) is 0. The molecule has 2 nitrogen and oxygen atoms in total. The van der Waals surface area contributed by atoms with Crippen LogP contribution in [0.5, 0.6) is 0 Å². The van der Waals surface area contributed by atoms with Crippen molar-refractivity contribution in [1.82, 2.24) is 5.43 Å². The molecule has 2 rings (SSSR count). The van der Waals surface area contributed by atoms with E-state index in [-0.39, 0.29) is 16.9 Å². The van der Waals surface area contributed by atoms with Crippen LogP contribution in [0, 0.1) is 5.82 Å². The topological polar surface area (TPSA) is 38.0 Å². The number of hydrogen-bond acceptors (Lipinski definition) is 4. The quantitative estimate of drug-likeness (QED) is 0.638. The highest BCUT2D eigenvalue weighted by molar-refractivity contribution is 8.07. The number of thioether (sulfide) groups is 2. The van der Waals surface area contributed by atoms with Gasteiger partial charge in [-0.05, 0) is 24.5 Å². The van der Waals surface area contributed by atoms with Crippen LogP contribution in [-0.2, 0) is 6.42 Å². The molecule has 0 spiro atoms. The van der Waals surface area contributed by atoms with Gasteiger partial charge in [0.25, 0.3) is 0 Å². The third kappa shape index (κ3) is 3.83. The Balaban J connectivity index is 2.13. The predicted octanol–water partition coefficient (Wildman–Crippen LogP) is 3.48. The SMILES string of the molecule is CCC1SCCSC1C(Cc1cccc(Cl)c1F)NN. The molecule has 1 aromatic carbocycles. The highest BCUT2D eigenvalue weighted by Crippen LogP contribution is 2.36. The van der Waals surface area contributed by atoms with Crippen molar-refractivity contribution in [3.05, 3.63) is 34.6 Å². The van der Waals surface area contributed by atoms with Crippen molar-refractivity contribution >= 4 is 35.1 Å². The first-order chi connectivity index (χ1) is 9.67. The molecule has 0 saturated carbocycles. The van der Waals surface area contributed by atoms with Gasteiger partial charge < -0.3 is 0 Å². The molecule has 3 atom stereocenters. The number of halogens is 2. The molecule has 1 fully saturated rings. The molecule has 6 heteroatoms. The van der Waals surface area contributed by atoms with Gasteiger partial charge in [-0.1, -0.05) is 30.7 Å². The van der Waals surface area contributed by atoms with Crippen molar-refractivity contribution in [2.75, 3.05) is 11.5 Å².